The number of piperidine rings is 1. The molecular weight excluding hydrogens is 433 g/mol. The Morgan fingerprint density at radius 1 is 1.23 bits per heavy atom. The Bertz CT molecular complexity index is 926. The van der Waals surface area contributed by atoms with Crippen LogP contribution in [-0.2, 0) is 6.54 Å². The number of nitrogens with zero attached hydrogens (tertiary/aromatic N) is 3. The molecule has 31 heavy (non-hydrogen) atoms. The molecule has 10 heteroatoms. The van der Waals surface area contributed by atoms with Crippen molar-refractivity contribution >= 4 is 23.3 Å². The Labute approximate surface area is 182 Å². The Morgan fingerprint density at radius 2 is 1.97 bits per heavy atom. The molecule has 2 aromatic rings. The van der Waals surface area contributed by atoms with Crippen molar-refractivity contribution in [2.24, 2.45) is 5.41 Å². The van der Waals surface area contributed by atoms with Gasteiger partial charge in [-0.1, -0.05) is 17.7 Å². The first-order chi connectivity index (χ1) is 14.7. The van der Waals surface area contributed by atoms with Crippen LogP contribution in [-0.4, -0.2) is 53.4 Å². The summed E-state index contributed by atoms with van der Waals surface area (Å²) in [7, 11) is 0. The van der Waals surface area contributed by atoms with E-state index in [1.165, 1.54) is 12.1 Å². The van der Waals surface area contributed by atoms with Gasteiger partial charge in [0.15, 0.2) is 0 Å². The molecule has 1 aromatic carbocycles. The number of amides is 2. The van der Waals surface area contributed by atoms with Crippen LogP contribution in [0.1, 0.15) is 18.4 Å². The second kappa shape index (κ2) is 8.55. The number of alkyl halides is 3. The van der Waals surface area contributed by atoms with Crippen molar-refractivity contribution in [2.45, 2.75) is 25.7 Å². The van der Waals surface area contributed by atoms with Gasteiger partial charge in [0.2, 0.25) is 0 Å². The number of pyridine rings is 1. The fourth-order valence-corrected chi connectivity index (χ4v) is 4.31. The quantitative estimate of drug-likeness (QED) is 0.723. The summed E-state index contributed by atoms with van der Waals surface area (Å²) in [5.74, 6) is -0.380. The van der Waals surface area contributed by atoms with Gasteiger partial charge in [-0.15, -0.1) is 13.2 Å². The largest absolute Gasteiger partial charge is 0.573 e. The molecule has 4 rings (SSSR count). The average molecular weight is 455 g/mol. The number of rotatable bonds is 4. The highest BCUT2D eigenvalue weighted by Crippen LogP contribution is 2.41. The highest BCUT2D eigenvalue weighted by atomic mass is 35.5. The molecule has 0 atom stereocenters. The molecule has 2 aliphatic rings. The lowest BCUT2D eigenvalue weighted by molar-refractivity contribution is -0.274. The van der Waals surface area contributed by atoms with E-state index in [-0.39, 0.29) is 22.2 Å². The van der Waals surface area contributed by atoms with E-state index < -0.39 is 6.36 Å². The van der Waals surface area contributed by atoms with Crippen molar-refractivity contribution in [3.8, 4) is 5.75 Å². The SMILES string of the molecule is O=C(Nc1cccnc1)N1CC2(CCN(Cc3ccc(Cl)c(OC(F)(F)F)c3)CC2)C1. The minimum absolute atomic E-state index is 0.0715. The van der Waals surface area contributed by atoms with Crippen LogP contribution in [0.5, 0.6) is 5.75 Å². The molecule has 2 saturated heterocycles. The molecule has 1 aromatic heterocycles. The number of ether oxygens (including phenoxy) is 1. The van der Waals surface area contributed by atoms with Gasteiger partial charge in [-0.25, -0.2) is 4.79 Å². The minimum atomic E-state index is -4.78. The second-order valence-electron chi connectivity index (χ2n) is 8.12. The van der Waals surface area contributed by atoms with E-state index in [1.807, 2.05) is 0 Å². The first-order valence-electron chi connectivity index (χ1n) is 9.94. The smallest absolute Gasteiger partial charge is 0.404 e. The van der Waals surface area contributed by atoms with Gasteiger partial charge in [0.05, 0.1) is 16.9 Å². The molecule has 2 aliphatic heterocycles. The maximum absolute atomic E-state index is 12.5. The molecule has 2 amide bonds. The molecule has 0 radical (unpaired) electrons. The van der Waals surface area contributed by atoms with Crippen molar-refractivity contribution < 1.29 is 22.7 Å². The van der Waals surface area contributed by atoms with Crippen molar-refractivity contribution in [1.29, 1.82) is 0 Å². The lowest BCUT2D eigenvalue weighted by Gasteiger charge is -2.53. The number of likely N-dealkylation sites (tertiary alicyclic amines) is 2. The maximum Gasteiger partial charge on any atom is 0.573 e. The van der Waals surface area contributed by atoms with Crippen LogP contribution in [0.15, 0.2) is 42.7 Å². The molecule has 166 valence electrons. The molecule has 1 spiro atoms. The lowest BCUT2D eigenvalue weighted by Crippen LogP contribution is -2.62. The zero-order chi connectivity index (χ0) is 22.1. The summed E-state index contributed by atoms with van der Waals surface area (Å²) in [6.45, 7) is 3.56. The lowest BCUT2D eigenvalue weighted by atomic mass is 9.72. The van der Waals surface area contributed by atoms with Gasteiger partial charge in [0.1, 0.15) is 5.75 Å². The molecule has 1 N–H and O–H groups in total. The summed E-state index contributed by atoms with van der Waals surface area (Å²) >= 11 is 5.82. The summed E-state index contributed by atoms with van der Waals surface area (Å²) in [5, 5.41) is 2.77. The number of hydrogen-bond donors (Lipinski definition) is 1. The standard InChI is InChI=1S/C21H22ClF3N4O2/c22-17-4-3-15(10-18(17)31-21(23,24)25)12-28-8-5-20(6-9-28)13-29(14-20)19(30)27-16-2-1-7-26-11-16/h1-4,7,10-11H,5-6,8-9,12-14H2,(H,27,30). The Kier molecular flexibility index (Phi) is 5.98. The normalized spacial score (nSPS) is 18.5. The van der Waals surface area contributed by atoms with E-state index in [9.17, 15) is 18.0 Å². The maximum atomic E-state index is 12.5. The Hall–Kier alpha value is -2.52. The van der Waals surface area contributed by atoms with Crippen molar-refractivity contribution in [3.63, 3.8) is 0 Å². The van der Waals surface area contributed by atoms with Crippen LogP contribution in [0.3, 0.4) is 0 Å². The van der Waals surface area contributed by atoms with Crippen LogP contribution in [0.2, 0.25) is 5.02 Å². The summed E-state index contributed by atoms with van der Waals surface area (Å²) in [5.41, 5.74) is 1.50. The zero-order valence-corrected chi connectivity index (χ0v) is 17.4. The van der Waals surface area contributed by atoms with E-state index in [2.05, 4.69) is 19.9 Å². The first kappa shape index (κ1) is 21.7. The Morgan fingerprint density at radius 3 is 2.61 bits per heavy atom. The number of benzene rings is 1. The predicted octanol–water partition coefficient (Wildman–Crippen LogP) is 4.76. The van der Waals surface area contributed by atoms with Crippen molar-refractivity contribution in [1.82, 2.24) is 14.8 Å². The van der Waals surface area contributed by atoms with Crippen LogP contribution in [0.4, 0.5) is 23.7 Å². The number of carbonyl (C=O) groups excluding carboxylic acids is 1. The topological polar surface area (TPSA) is 57.7 Å². The predicted molar refractivity (Wildman–Crippen MR) is 110 cm³/mol. The fourth-order valence-electron chi connectivity index (χ4n) is 4.16. The van der Waals surface area contributed by atoms with Crippen LogP contribution in [0.25, 0.3) is 0 Å². The van der Waals surface area contributed by atoms with Crippen LogP contribution < -0.4 is 10.1 Å². The summed E-state index contributed by atoms with van der Waals surface area (Å²) < 4.78 is 41.6. The third kappa shape index (κ3) is 5.40. The number of anilines is 1. The molecule has 0 bridgehead atoms. The van der Waals surface area contributed by atoms with E-state index in [4.69, 9.17) is 11.6 Å². The van der Waals surface area contributed by atoms with Crippen molar-refractivity contribution in [2.75, 3.05) is 31.5 Å². The van der Waals surface area contributed by atoms with Gasteiger partial charge >= 0.3 is 12.4 Å². The molecule has 3 heterocycles. The summed E-state index contributed by atoms with van der Waals surface area (Å²) in [4.78, 5) is 20.3. The number of carbonyl (C=O) groups is 1. The van der Waals surface area contributed by atoms with Crippen LogP contribution in [0, 0.1) is 5.41 Å². The Balaban J connectivity index is 1.26. The third-order valence-corrected chi connectivity index (χ3v) is 6.11. The summed E-state index contributed by atoms with van der Waals surface area (Å²) in [6, 6.07) is 7.91. The molecule has 0 saturated carbocycles. The third-order valence-electron chi connectivity index (χ3n) is 5.80. The van der Waals surface area contributed by atoms with Gasteiger partial charge in [-0.05, 0) is 55.8 Å². The number of aromatic nitrogens is 1. The number of halogens is 4. The molecule has 0 aliphatic carbocycles. The van der Waals surface area contributed by atoms with Crippen LogP contribution >= 0.6 is 11.6 Å². The van der Waals surface area contributed by atoms with E-state index >= 15 is 0 Å². The average Bonchev–Trinajstić information content (AvgIpc) is 2.69. The second-order valence-corrected chi connectivity index (χ2v) is 8.52. The van der Waals surface area contributed by atoms with Crippen molar-refractivity contribution in [3.05, 3.63) is 53.3 Å². The van der Waals surface area contributed by atoms with E-state index in [0.29, 0.717) is 30.9 Å². The molecule has 0 unspecified atom stereocenters. The number of urea groups is 1. The van der Waals surface area contributed by atoms with E-state index in [0.717, 1.165) is 25.9 Å². The highest BCUT2D eigenvalue weighted by molar-refractivity contribution is 6.32. The van der Waals surface area contributed by atoms with Gasteiger partial charge in [0, 0.05) is 31.2 Å². The van der Waals surface area contributed by atoms with Gasteiger partial charge in [-0.3, -0.25) is 9.88 Å². The fraction of sp³-hybridized carbons (Fsp3) is 0.429. The zero-order valence-electron chi connectivity index (χ0n) is 16.7. The van der Waals surface area contributed by atoms with E-state index in [1.54, 1.807) is 35.5 Å². The summed E-state index contributed by atoms with van der Waals surface area (Å²) in [6.07, 6.45) is 0.343. The monoisotopic (exact) mass is 454 g/mol. The van der Waals surface area contributed by atoms with Gasteiger partial charge in [0.25, 0.3) is 0 Å². The first-order valence-corrected chi connectivity index (χ1v) is 10.3. The molecule has 6 nitrogen and oxygen atoms in total. The molecular formula is C21H22ClF3N4O2. The number of nitrogens with one attached hydrogen (secondary N) is 1. The minimum Gasteiger partial charge on any atom is -0.404 e. The molecule has 2 fully saturated rings. The highest BCUT2D eigenvalue weighted by Gasteiger charge is 2.46. The van der Waals surface area contributed by atoms with Gasteiger partial charge in [-0.2, -0.15) is 0 Å². The van der Waals surface area contributed by atoms with Gasteiger partial charge < -0.3 is 15.0 Å². The number of hydrogen-bond acceptors (Lipinski definition) is 4.